The van der Waals surface area contributed by atoms with Gasteiger partial charge in [-0.15, -0.1) is 0 Å². The van der Waals surface area contributed by atoms with Crippen molar-refractivity contribution in [2.24, 2.45) is 5.41 Å². The fraction of sp³-hybridized carbons (Fsp3) is 0.600. The molecule has 1 N–H and O–H groups in total. The third-order valence-corrected chi connectivity index (χ3v) is 4.70. The van der Waals surface area contributed by atoms with Crippen LogP contribution in [0.3, 0.4) is 0 Å². The van der Waals surface area contributed by atoms with Gasteiger partial charge in [0.05, 0.1) is 0 Å². The molecule has 1 aromatic rings. The lowest BCUT2D eigenvalue weighted by molar-refractivity contribution is 0.217. The van der Waals surface area contributed by atoms with Crippen molar-refractivity contribution in [3.63, 3.8) is 0 Å². The van der Waals surface area contributed by atoms with E-state index in [1.165, 1.54) is 40.5 Å². The number of hydrogen-bond donors (Lipinski definition) is 1. The van der Waals surface area contributed by atoms with Crippen LogP contribution in [-0.2, 0) is 0 Å². The molecule has 0 spiro atoms. The van der Waals surface area contributed by atoms with Crippen LogP contribution in [0, 0.1) is 15.9 Å². The summed E-state index contributed by atoms with van der Waals surface area (Å²) in [6.07, 6.45) is 5.40. The Morgan fingerprint density at radius 1 is 1.29 bits per heavy atom. The fourth-order valence-electron chi connectivity index (χ4n) is 2.74. The lowest BCUT2D eigenvalue weighted by Crippen LogP contribution is -2.39. The normalized spacial score (nSPS) is 23.4. The van der Waals surface area contributed by atoms with E-state index in [4.69, 9.17) is 0 Å². The zero-order valence-electron chi connectivity index (χ0n) is 11.0. The van der Waals surface area contributed by atoms with E-state index in [1.54, 1.807) is 0 Å². The van der Waals surface area contributed by atoms with Crippen LogP contribution in [0.2, 0.25) is 0 Å². The summed E-state index contributed by atoms with van der Waals surface area (Å²) in [5.41, 5.74) is 3.09. The summed E-state index contributed by atoms with van der Waals surface area (Å²) in [6, 6.07) is 7.28. The summed E-state index contributed by atoms with van der Waals surface area (Å²) < 4.78 is 1.31. The van der Waals surface area contributed by atoms with Crippen LogP contribution in [0.5, 0.6) is 0 Å². The number of hydrogen-bond acceptors (Lipinski definition) is 1. The Morgan fingerprint density at radius 2 is 2.06 bits per heavy atom. The quantitative estimate of drug-likeness (QED) is 0.747. The summed E-state index contributed by atoms with van der Waals surface area (Å²) in [4.78, 5) is 0. The molecular formula is C15H22IN. The maximum atomic E-state index is 3.76. The van der Waals surface area contributed by atoms with Crippen LogP contribution in [0.25, 0.3) is 0 Å². The maximum Gasteiger partial charge on any atom is 0.0372 e. The van der Waals surface area contributed by atoms with Gasteiger partial charge in [0.15, 0.2) is 0 Å². The molecule has 1 aromatic carbocycles. The predicted octanol–water partition coefficient (Wildman–Crippen LogP) is 4.98. The molecule has 94 valence electrons. The van der Waals surface area contributed by atoms with Crippen LogP contribution < -0.4 is 5.32 Å². The molecule has 1 nitrogen and oxygen atoms in total. The topological polar surface area (TPSA) is 12.0 Å². The second-order valence-corrected chi connectivity index (χ2v) is 7.14. The molecule has 1 unspecified atom stereocenters. The van der Waals surface area contributed by atoms with E-state index in [-0.39, 0.29) is 0 Å². The van der Waals surface area contributed by atoms with Crippen molar-refractivity contribution in [1.82, 2.24) is 0 Å². The van der Waals surface area contributed by atoms with Crippen molar-refractivity contribution >= 4 is 28.3 Å². The third-order valence-electron chi connectivity index (χ3n) is 4.03. The molecular weight excluding hydrogens is 321 g/mol. The highest BCUT2D eigenvalue weighted by Gasteiger charge is 2.32. The van der Waals surface area contributed by atoms with Gasteiger partial charge in [-0.3, -0.25) is 0 Å². The van der Waals surface area contributed by atoms with Crippen LogP contribution in [0.15, 0.2) is 18.2 Å². The largest absolute Gasteiger partial charge is 0.382 e. The van der Waals surface area contributed by atoms with E-state index in [0.29, 0.717) is 11.5 Å². The van der Waals surface area contributed by atoms with Gasteiger partial charge in [0, 0.05) is 15.3 Å². The summed E-state index contributed by atoms with van der Waals surface area (Å²) in [7, 11) is 0. The summed E-state index contributed by atoms with van der Waals surface area (Å²) >= 11 is 2.37. The molecule has 0 saturated heterocycles. The lowest BCUT2D eigenvalue weighted by atomic mass is 9.73. The lowest BCUT2D eigenvalue weighted by Gasteiger charge is -2.40. The predicted molar refractivity (Wildman–Crippen MR) is 83.6 cm³/mol. The van der Waals surface area contributed by atoms with Crippen molar-refractivity contribution in [2.75, 3.05) is 5.32 Å². The Bertz CT molecular complexity index is 398. The van der Waals surface area contributed by atoms with Crippen LogP contribution in [0.4, 0.5) is 5.69 Å². The first-order valence-electron chi connectivity index (χ1n) is 6.52. The molecule has 17 heavy (non-hydrogen) atoms. The highest BCUT2D eigenvalue weighted by Crippen LogP contribution is 2.37. The van der Waals surface area contributed by atoms with Gasteiger partial charge in [-0.2, -0.15) is 0 Å². The van der Waals surface area contributed by atoms with Gasteiger partial charge in [-0.25, -0.2) is 0 Å². The number of rotatable bonds is 2. The van der Waals surface area contributed by atoms with Gasteiger partial charge in [-0.1, -0.05) is 26.7 Å². The molecule has 1 fully saturated rings. The first kappa shape index (κ1) is 13.2. The molecule has 1 atom stereocenters. The van der Waals surface area contributed by atoms with E-state index < -0.39 is 0 Å². The number of aryl methyl sites for hydroxylation is 1. The Balaban J connectivity index is 2.14. The van der Waals surface area contributed by atoms with Crippen molar-refractivity contribution in [3.8, 4) is 0 Å². The van der Waals surface area contributed by atoms with Crippen molar-refractivity contribution < 1.29 is 0 Å². The zero-order chi connectivity index (χ0) is 12.5. The molecule has 0 aromatic heterocycles. The van der Waals surface area contributed by atoms with Crippen LogP contribution in [0.1, 0.15) is 45.1 Å². The smallest absolute Gasteiger partial charge is 0.0372 e. The summed E-state index contributed by atoms with van der Waals surface area (Å²) in [5.74, 6) is 0. The standard InChI is InChI=1S/C15H22IN/c1-11-10-12(16)7-8-13(11)17-14-6-4-5-9-15(14,2)3/h7-8,10,14,17H,4-6,9H2,1-3H3. The van der Waals surface area contributed by atoms with Crippen molar-refractivity contribution in [1.29, 1.82) is 0 Å². The number of anilines is 1. The molecule has 0 radical (unpaired) electrons. The summed E-state index contributed by atoms with van der Waals surface area (Å²) in [5, 5.41) is 3.76. The van der Waals surface area contributed by atoms with Gasteiger partial charge in [-0.05, 0) is 71.5 Å². The number of benzene rings is 1. The summed E-state index contributed by atoms with van der Waals surface area (Å²) in [6.45, 7) is 6.98. The average molecular weight is 343 g/mol. The second-order valence-electron chi connectivity index (χ2n) is 5.89. The highest BCUT2D eigenvalue weighted by molar-refractivity contribution is 14.1. The SMILES string of the molecule is Cc1cc(I)ccc1NC1CCCCC1(C)C. The van der Waals surface area contributed by atoms with Gasteiger partial charge in [0.1, 0.15) is 0 Å². The monoisotopic (exact) mass is 343 g/mol. The molecule has 0 heterocycles. The number of nitrogens with one attached hydrogen (secondary N) is 1. The van der Waals surface area contributed by atoms with Gasteiger partial charge >= 0.3 is 0 Å². The Labute approximate surface area is 119 Å². The van der Waals surface area contributed by atoms with E-state index >= 15 is 0 Å². The molecule has 2 heteroatoms. The Kier molecular flexibility index (Phi) is 4.01. The van der Waals surface area contributed by atoms with Crippen LogP contribution >= 0.6 is 22.6 Å². The van der Waals surface area contributed by atoms with Crippen molar-refractivity contribution in [3.05, 3.63) is 27.3 Å². The maximum absolute atomic E-state index is 3.76. The third kappa shape index (κ3) is 3.15. The van der Waals surface area contributed by atoms with Crippen LogP contribution in [-0.4, -0.2) is 6.04 Å². The molecule has 0 bridgehead atoms. The van der Waals surface area contributed by atoms with Gasteiger partial charge < -0.3 is 5.32 Å². The van der Waals surface area contributed by atoms with Crippen molar-refractivity contribution in [2.45, 2.75) is 52.5 Å². The zero-order valence-corrected chi connectivity index (χ0v) is 13.2. The van der Waals surface area contributed by atoms with E-state index in [1.807, 2.05) is 0 Å². The minimum Gasteiger partial charge on any atom is -0.382 e. The average Bonchev–Trinajstić information content (AvgIpc) is 2.24. The van der Waals surface area contributed by atoms with Gasteiger partial charge in [0.2, 0.25) is 0 Å². The van der Waals surface area contributed by atoms with E-state index in [9.17, 15) is 0 Å². The Morgan fingerprint density at radius 3 is 2.71 bits per heavy atom. The number of halogens is 1. The highest BCUT2D eigenvalue weighted by atomic mass is 127. The first-order chi connectivity index (χ1) is 7.99. The molecule has 0 aliphatic heterocycles. The fourth-order valence-corrected chi connectivity index (χ4v) is 3.39. The van der Waals surface area contributed by atoms with Gasteiger partial charge in [0.25, 0.3) is 0 Å². The molecule has 2 rings (SSSR count). The molecule has 1 aliphatic carbocycles. The first-order valence-corrected chi connectivity index (χ1v) is 7.59. The van der Waals surface area contributed by atoms with E-state index in [2.05, 4.69) is 66.9 Å². The Hall–Kier alpha value is -0.250. The molecule has 1 aliphatic rings. The second kappa shape index (κ2) is 5.17. The van der Waals surface area contributed by atoms with E-state index in [0.717, 1.165) is 0 Å². The minimum absolute atomic E-state index is 0.424. The molecule has 0 amide bonds. The molecule has 1 saturated carbocycles. The minimum atomic E-state index is 0.424.